The molecule has 19 nitrogen and oxygen atoms in total. The first-order chi connectivity index (χ1) is 34.3. The van der Waals surface area contributed by atoms with E-state index in [-0.39, 0.29) is 38.5 Å². The zero-order valence-electron chi connectivity index (χ0n) is 42.0. The maximum atomic E-state index is 13.7. The Morgan fingerprint density at radius 1 is 0.819 bits per heavy atom. The fourth-order valence-electron chi connectivity index (χ4n) is 8.00. The van der Waals surface area contributed by atoms with Crippen LogP contribution in [0.3, 0.4) is 0 Å². The van der Waals surface area contributed by atoms with Crippen LogP contribution in [0, 0.1) is 11.8 Å². The number of hydrogen-bond donors (Lipinski definition) is 9. The standard InChI is InChI=1S/C51H84O19P2/c1-3-5-7-8-9-10-11-12-13-14-15-16-17-18-19-20-21-22-27-31-44(55)66-36-39-37-67-72(64,65)70-51-49(60)48(59)46(57)40(30-26-23-24-28-32-45(56)68-39)42(53)35-43(54)41(34-33-38(52)29-25-6-4-2)47(58)50(51)69-71(61,62)63/h9-10,12-13,15-16,18-19,23,26,33-34,38-41,43,46-52,54,57-60H,3-8,11,14,17,20-22,24-25,27-32,35-37H2,1-2H3,(H,64,65)(H2,61,62,63)/b10-9-,13-12-,16-15-,19-18-,26-23-,34-33+/t38-,39+,40-,41-,43+,46+,47+,48-,49+,50+,51-/m0/s1. The van der Waals surface area contributed by atoms with Crippen LogP contribution in [-0.4, -0.2) is 131 Å². The molecule has 21 heteroatoms. The fourth-order valence-corrected chi connectivity index (χ4v) is 9.53. The molecule has 2 bridgehead atoms. The Hall–Kier alpha value is -2.97. The highest BCUT2D eigenvalue weighted by Gasteiger charge is 2.51. The van der Waals surface area contributed by atoms with E-state index in [2.05, 4.69) is 55.5 Å². The zero-order chi connectivity index (χ0) is 53.4. The maximum absolute atomic E-state index is 13.7. The van der Waals surface area contributed by atoms with Gasteiger partial charge in [-0.1, -0.05) is 125 Å². The number of fused-ring (bicyclic) bond motifs is 4. The van der Waals surface area contributed by atoms with Crippen LogP contribution < -0.4 is 0 Å². The number of hydrogen-bond acceptors (Lipinski definition) is 16. The molecule has 0 amide bonds. The second kappa shape index (κ2) is 36.9. The molecule has 0 aromatic heterocycles. The molecule has 0 aromatic carbocycles. The minimum Gasteiger partial charge on any atom is -0.462 e. The summed E-state index contributed by atoms with van der Waals surface area (Å²) in [4.78, 5) is 70.4. The Balaban J connectivity index is 2.22. The number of Topliss-reactive ketones (excluding diaryl/α,β-unsaturated/α-hetero) is 1. The number of phosphoric acid groups is 2. The third-order valence-electron chi connectivity index (χ3n) is 12.1. The van der Waals surface area contributed by atoms with E-state index in [1.165, 1.54) is 25.3 Å². The average molecular weight is 1060 g/mol. The number of allylic oxidation sites excluding steroid dienone is 10. The fraction of sp³-hybridized carbons (Fsp3) is 0.706. The summed E-state index contributed by atoms with van der Waals surface area (Å²) in [5.41, 5.74) is 0. The summed E-state index contributed by atoms with van der Waals surface area (Å²) in [5, 5.41) is 68.1. The van der Waals surface area contributed by atoms with Crippen molar-refractivity contribution < 1.29 is 91.9 Å². The number of rotatable bonds is 26. The van der Waals surface area contributed by atoms with Crippen molar-refractivity contribution in [3.8, 4) is 0 Å². The highest BCUT2D eigenvalue weighted by atomic mass is 31.2. The van der Waals surface area contributed by atoms with Gasteiger partial charge in [0.1, 0.15) is 36.8 Å². The summed E-state index contributed by atoms with van der Waals surface area (Å²) >= 11 is 0. The largest absolute Gasteiger partial charge is 0.472 e. The van der Waals surface area contributed by atoms with Gasteiger partial charge in [0.15, 0.2) is 6.10 Å². The summed E-state index contributed by atoms with van der Waals surface area (Å²) < 4.78 is 52.1. The molecule has 1 fully saturated rings. The minimum absolute atomic E-state index is 0.0102. The van der Waals surface area contributed by atoms with E-state index in [9.17, 15) is 68.8 Å². The van der Waals surface area contributed by atoms with E-state index in [1.807, 2.05) is 6.92 Å². The third kappa shape index (κ3) is 28.1. The van der Waals surface area contributed by atoms with Crippen LogP contribution in [0.15, 0.2) is 72.9 Å². The summed E-state index contributed by atoms with van der Waals surface area (Å²) in [6.07, 6.45) is 14.4. The van der Waals surface area contributed by atoms with Crippen molar-refractivity contribution in [3.63, 3.8) is 0 Å². The molecule has 1 unspecified atom stereocenters. The van der Waals surface area contributed by atoms with Gasteiger partial charge < -0.3 is 54.8 Å². The van der Waals surface area contributed by atoms with Crippen molar-refractivity contribution in [2.24, 2.45) is 11.8 Å². The summed E-state index contributed by atoms with van der Waals surface area (Å²) in [6.45, 7) is 2.50. The molecule has 0 spiro atoms. The zero-order valence-corrected chi connectivity index (χ0v) is 43.8. The molecule has 1 aliphatic carbocycles. The third-order valence-corrected chi connectivity index (χ3v) is 13.6. The molecule has 0 aromatic rings. The lowest BCUT2D eigenvalue weighted by Gasteiger charge is -2.38. The van der Waals surface area contributed by atoms with Gasteiger partial charge in [0.2, 0.25) is 0 Å². The number of carbonyl (C=O) groups excluding carboxylic acids is 3. The number of aliphatic hydroxyl groups excluding tert-OH is 6. The number of carbonyl (C=O) groups is 3. The molecule has 412 valence electrons. The minimum atomic E-state index is -5.79. The first kappa shape index (κ1) is 65.1. The molecule has 1 saturated carbocycles. The van der Waals surface area contributed by atoms with Gasteiger partial charge in [0.25, 0.3) is 0 Å². The Morgan fingerprint density at radius 2 is 1.43 bits per heavy atom. The van der Waals surface area contributed by atoms with Crippen molar-refractivity contribution >= 4 is 33.4 Å². The van der Waals surface area contributed by atoms with Crippen LogP contribution >= 0.6 is 15.6 Å². The number of ketones is 1. The lowest BCUT2D eigenvalue weighted by Crippen LogP contribution is -2.56. The molecule has 1 aliphatic heterocycles. The van der Waals surface area contributed by atoms with E-state index in [0.717, 1.165) is 63.5 Å². The molecule has 0 saturated heterocycles. The van der Waals surface area contributed by atoms with Gasteiger partial charge in [0, 0.05) is 31.1 Å². The van der Waals surface area contributed by atoms with Crippen LogP contribution in [0.4, 0.5) is 0 Å². The number of unbranched alkanes of at least 4 members (excludes halogenated alkanes) is 8. The van der Waals surface area contributed by atoms with Gasteiger partial charge in [-0.05, 0) is 77.0 Å². The summed E-state index contributed by atoms with van der Waals surface area (Å²) in [7, 11) is -11.5. The van der Waals surface area contributed by atoms with Crippen molar-refractivity contribution in [1.82, 2.24) is 0 Å². The second-order valence-electron chi connectivity index (χ2n) is 18.3. The maximum Gasteiger partial charge on any atom is 0.472 e. The lowest BCUT2D eigenvalue weighted by molar-refractivity contribution is -0.165. The molecular weight excluding hydrogens is 978 g/mol. The molecular formula is C51H84O19P2. The van der Waals surface area contributed by atoms with Gasteiger partial charge in [-0.3, -0.25) is 28.0 Å². The first-order valence-electron chi connectivity index (χ1n) is 25.6. The Labute approximate surface area is 425 Å². The van der Waals surface area contributed by atoms with E-state index in [1.54, 1.807) is 6.08 Å². The van der Waals surface area contributed by atoms with Gasteiger partial charge in [-0.2, -0.15) is 0 Å². The van der Waals surface area contributed by atoms with Gasteiger partial charge in [-0.25, -0.2) is 9.13 Å². The van der Waals surface area contributed by atoms with E-state index in [4.69, 9.17) is 23.0 Å². The molecule has 0 radical (unpaired) electrons. The monoisotopic (exact) mass is 1060 g/mol. The molecule has 1 heterocycles. The van der Waals surface area contributed by atoms with Crippen molar-refractivity contribution in [1.29, 1.82) is 0 Å². The van der Waals surface area contributed by atoms with Gasteiger partial charge >= 0.3 is 27.6 Å². The van der Waals surface area contributed by atoms with Crippen molar-refractivity contribution in [2.75, 3.05) is 13.2 Å². The first-order valence-corrected chi connectivity index (χ1v) is 28.6. The van der Waals surface area contributed by atoms with Gasteiger partial charge in [0.05, 0.1) is 31.0 Å². The predicted molar refractivity (Wildman–Crippen MR) is 270 cm³/mol. The van der Waals surface area contributed by atoms with Gasteiger partial charge in [-0.15, -0.1) is 0 Å². The van der Waals surface area contributed by atoms with Crippen LogP contribution in [0.2, 0.25) is 0 Å². The van der Waals surface area contributed by atoms with Crippen molar-refractivity contribution in [3.05, 3.63) is 72.9 Å². The molecule has 72 heavy (non-hydrogen) atoms. The second-order valence-corrected chi connectivity index (χ2v) is 20.9. The van der Waals surface area contributed by atoms with Crippen LogP contribution in [0.1, 0.15) is 149 Å². The van der Waals surface area contributed by atoms with Crippen molar-refractivity contribution in [2.45, 2.75) is 204 Å². The summed E-state index contributed by atoms with van der Waals surface area (Å²) in [5.74, 6) is -5.71. The number of phosphoric ester groups is 2. The van der Waals surface area contributed by atoms with E-state index in [0.29, 0.717) is 19.3 Å². The van der Waals surface area contributed by atoms with E-state index >= 15 is 0 Å². The number of ether oxygens (including phenoxy) is 2. The molecule has 9 N–H and O–H groups in total. The molecule has 2 rings (SSSR count). The molecule has 2 aliphatic rings. The topological polar surface area (TPSA) is 314 Å². The number of cyclic esters (lactones) is 1. The Morgan fingerprint density at radius 3 is 2.06 bits per heavy atom. The normalized spacial score (nSPS) is 30.0. The molecule has 12 atom stereocenters. The Kier molecular flexibility index (Phi) is 33.4. The SMILES string of the molecule is CCCCC/C=C\C/C=C\C/C=C\C/C=C\CCCCCC(=O)OC[C@@H]1COP(=O)(O)O[C@H]2[C@H](O)[C@@H](O)[C@H](O)[C@@H](C/C=C\CCCC(=O)O1)C(=O)C[C@@H](O)[C@H](/C=C/[C@@H](O)CCCCC)[C@@H](O)[C@H]2OP(=O)(O)O. The van der Waals surface area contributed by atoms with Crippen LogP contribution in [0.25, 0.3) is 0 Å². The predicted octanol–water partition coefficient (Wildman–Crippen LogP) is 6.98. The van der Waals surface area contributed by atoms with E-state index < -0.39 is 120 Å². The number of esters is 2. The van der Waals surface area contributed by atoms with Crippen LogP contribution in [0.5, 0.6) is 0 Å². The van der Waals surface area contributed by atoms with Crippen LogP contribution in [-0.2, 0) is 46.6 Å². The Bertz CT molecular complexity index is 1830. The average Bonchev–Trinajstić information content (AvgIpc) is 3.32. The highest BCUT2D eigenvalue weighted by Crippen LogP contribution is 2.49. The number of aliphatic hydroxyl groups is 6. The highest BCUT2D eigenvalue weighted by molar-refractivity contribution is 7.47. The summed E-state index contributed by atoms with van der Waals surface area (Å²) in [6, 6.07) is 0. The quantitative estimate of drug-likeness (QED) is 0.0182. The lowest BCUT2D eigenvalue weighted by atomic mass is 9.84. The smallest absolute Gasteiger partial charge is 0.462 e.